The van der Waals surface area contributed by atoms with Crippen molar-refractivity contribution >= 4 is 28.6 Å². The molecule has 0 aliphatic rings. The summed E-state index contributed by atoms with van der Waals surface area (Å²) in [6, 6.07) is 12.2. The third kappa shape index (κ3) is 5.26. The molecule has 0 aliphatic carbocycles. The molecule has 3 rings (SSSR count). The van der Waals surface area contributed by atoms with Crippen molar-refractivity contribution in [3.63, 3.8) is 0 Å². The first-order valence-corrected chi connectivity index (χ1v) is 9.51. The molecule has 0 aliphatic heterocycles. The van der Waals surface area contributed by atoms with Crippen LogP contribution >= 0.6 is 0 Å². The SMILES string of the molecule is Cc1cc(/C=C/C(F)(F)F)ccc1C(=O)Nc1ccc2cc(C(C)(C)C)cnc2c1. The predicted molar refractivity (Wildman–Crippen MR) is 115 cm³/mol. The van der Waals surface area contributed by atoms with Crippen molar-refractivity contribution in [1.82, 2.24) is 4.98 Å². The number of rotatable bonds is 3. The molecule has 0 saturated carbocycles. The maximum absolute atomic E-state index is 12.7. The van der Waals surface area contributed by atoms with E-state index in [1.54, 1.807) is 19.1 Å². The highest BCUT2D eigenvalue weighted by Crippen LogP contribution is 2.26. The van der Waals surface area contributed by atoms with E-state index in [0.29, 0.717) is 22.4 Å². The Morgan fingerprint density at radius 2 is 1.77 bits per heavy atom. The molecule has 0 unspecified atom stereocenters. The zero-order valence-electron chi connectivity index (χ0n) is 17.3. The fourth-order valence-corrected chi connectivity index (χ4v) is 3.04. The summed E-state index contributed by atoms with van der Waals surface area (Å²) in [5.41, 5.74) is 3.86. The summed E-state index contributed by atoms with van der Waals surface area (Å²) in [6.45, 7) is 8.06. The Balaban J connectivity index is 1.80. The van der Waals surface area contributed by atoms with Crippen LogP contribution < -0.4 is 5.32 Å². The molecule has 1 heterocycles. The molecule has 3 aromatic rings. The average Bonchev–Trinajstić information content (AvgIpc) is 2.64. The maximum atomic E-state index is 12.7. The number of amides is 1. The quantitative estimate of drug-likeness (QED) is 0.522. The molecule has 2 aromatic carbocycles. The number of aryl methyl sites for hydroxylation is 1. The average molecular weight is 412 g/mol. The summed E-state index contributed by atoms with van der Waals surface area (Å²) in [5, 5.41) is 3.82. The normalized spacial score (nSPS) is 12.5. The number of anilines is 1. The summed E-state index contributed by atoms with van der Waals surface area (Å²) < 4.78 is 37.0. The lowest BCUT2D eigenvalue weighted by molar-refractivity contribution is -0.0790. The second-order valence-corrected chi connectivity index (χ2v) is 8.28. The van der Waals surface area contributed by atoms with Gasteiger partial charge in [0.2, 0.25) is 0 Å². The largest absolute Gasteiger partial charge is 0.409 e. The number of pyridine rings is 1. The number of allylic oxidation sites excluding steroid dienone is 1. The molecular weight excluding hydrogens is 389 g/mol. The van der Waals surface area contributed by atoms with E-state index in [1.165, 1.54) is 12.1 Å². The highest BCUT2D eigenvalue weighted by atomic mass is 19.4. The zero-order chi connectivity index (χ0) is 22.1. The van der Waals surface area contributed by atoms with Crippen molar-refractivity contribution in [3.8, 4) is 0 Å². The molecule has 1 aromatic heterocycles. The summed E-state index contributed by atoms with van der Waals surface area (Å²) in [5.74, 6) is -0.329. The van der Waals surface area contributed by atoms with E-state index in [0.717, 1.165) is 22.5 Å². The van der Waals surface area contributed by atoms with E-state index in [1.807, 2.05) is 18.3 Å². The highest BCUT2D eigenvalue weighted by molar-refractivity contribution is 6.06. The summed E-state index contributed by atoms with van der Waals surface area (Å²) >= 11 is 0. The second kappa shape index (κ2) is 7.94. The third-order valence-electron chi connectivity index (χ3n) is 4.77. The predicted octanol–water partition coefficient (Wildman–Crippen LogP) is 6.67. The van der Waals surface area contributed by atoms with Crippen molar-refractivity contribution in [3.05, 3.63) is 77.0 Å². The molecule has 156 valence electrons. The van der Waals surface area contributed by atoms with Crippen LogP contribution in [0, 0.1) is 6.92 Å². The first kappa shape index (κ1) is 21.6. The fourth-order valence-electron chi connectivity index (χ4n) is 3.04. The van der Waals surface area contributed by atoms with Crippen LogP contribution in [0.2, 0.25) is 0 Å². The number of halogens is 3. The van der Waals surface area contributed by atoms with Crippen molar-refractivity contribution in [2.45, 2.75) is 39.3 Å². The second-order valence-electron chi connectivity index (χ2n) is 8.28. The molecular formula is C24H23F3N2O. The van der Waals surface area contributed by atoms with Crippen molar-refractivity contribution < 1.29 is 18.0 Å². The van der Waals surface area contributed by atoms with Crippen LogP contribution in [0.3, 0.4) is 0 Å². The van der Waals surface area contributed by atoms with Crippen LogP contribution in [-0.2, 0) is 5.41 Å². The number of aromatic nitrogens is 1. The minimum Gasteiger partial charge on any atom is -0.322 e. The van der Waals surface area contributed by atoms with E-state index in [2.05, 4.69) is 37.1 Å². The molecule has 0 radical (unpaired) electrons. The number of hydrogen-bond donors (Lipinski definition) is 1. The minimum atomic E-state index is -4.37. The fraction of sp³-hybridized carbons (Fsp3) is 0.250. The first-order chi connectivity index (χ1) is 13.9. The van der Waals surface area contributed by atoms with Crippen LogP contribution in [0.5, 0.6) is 0 Å². The molecule has 0 fully saturated rings. The van der Waals surface area contributed by atoms with E-state index in [4.69, 9.17) is 0 Å². The molecule has 0 spiro atoms. The van der Waals surface area contributed by atoms with Crippen LogP contribution in [0.15, 0.2) is 54.7 Å². The van der Waals surface area contributed by atoms with Gasteiger partial charge in [-0.1, -0.05) is 45.0 Å². The molecule has 0 bridgehead atoms. The number of hydrogen-bond acceptors (Lipinski definition) is 2. The summed E-state index contributed by atoms with van der Waals surface area (Å²) in [6.07, 6.45) is -1.38. The van der Waals surface area contributed by atoms with Gasteiger partial charge in [0.05, 0.1) is 5.52 Å². The lowest BCUT2D eigenvalue weighted by atomic mass is 9.87. The molecule has 1 amide bonds. The molecule has 3 nitrogen and oxygen atoms in total. The van der Waals surface area contributed by atoms with Gasteiger partial charge >= 0.3 is 6.18 Å². The number of carbonyl (C=O) groups excluding carboxylic acids is 1. The van der Waals surface area contributed by atoms with Gasteiger partial charge in [-0.15, -0.1) is 0 Å². The minimum absolute atomic E-state index is 0.00689. The number of benzene rings is 2. The highest BCUT2D eigenvalue weighted by Gasteiger charge is 2.22. The molecule has 0 atom stereocenters. The Bertz CT molecular complexity index is 1130. The number of alkyl halides is 3. The van der Waals surface area contributed by atoms with Crippen LogP contribution in [-0.4, -0.2) is 17.1 Å². The van der Waals surface area contributed by atoms with Crippen LogP contribution in [0.25, 0.3) is 17.0 Å². The lowest BCUT2D eigenvalue weighted by Crippen LogP contribution is -2.13. The van der Waals surface area contributed by atoms with Crippen molar-refractivity contribution in [2.24, 2.45) is 0 Å². The van der Waals surface area contributed by atoms with Gasteiger partial charge in [-0.25, -0.2) is 0 Å². The number of nitrogens with one attached hydrogen (secondary N) is 1. The smallest absolute Gasteiger partial charge is 0.322 e. The monoisotopic (exact) mass is 412 g/mol. The van der Waals surface area contributed by atoms with Gasteiger partial charge in [-0.2, -0.15) is 13.2 Å². The van der Waals surface area contributed by atoms with E-state index in [9.17, 15) is 18.0 Å². The molecule has 6 heteroatoms. The number of carbonyl (C=O) groups is 1. The maximum Gasteiger partial charge on any atom is 0.409 e. The standard InChI is InChI=1S/C24H23F3N2O/c1-15-11-16(9-10-24(25,26)27)5-8-20(15)22(30)29-19-7-6-17-12-18(23(2,3)4)14-28-21(17)13-19/h5-14H,1-4H3,(H,29,30)/b10-9+. The Hall–Kier alpha value is -3.15. The Morgan fingerprint density at radius 1 is 1.03 bits per heavy atom. The van der Waals surface area contributed by atoms with Crippen molar-refractivity contribution in [1.29, 1.82) is 0 Å². The third-order valence-corrected chi connectivity index (χ3v) is 4.77. The lowest BCUT2D eigenvalue weighted by Gasteiger charge is -2.19. The van der Waals surface area contributed by atoms with Crippen LogP contribution in [0.1, 0.15) is 47.8 Å². The molecule has 1 N–H and O–H groups in total. The number of fused-ring (bicyclic) bond motifs is 1. The van der Waals surface area contributed by atoms with Gasteiger partial charge in [-0.3, -0.25) is 9.78 Å². The van der Waals surface area contributed by atoms with Gasteiger partial charge in [0.25, 0.3) is 5.91 Å². The topological polar surface area (TPSA) is 42.0 Å². The van der Waals surface area contributed by atoms with E-state index < -0.39 is 6.18 Å². The Kier molecular flexibility index (Phi) is 5.70. The van der Waals surface area contributed by atoms with Gasteiger partial charge in [-0.05, 0) is 53.3 Å². The van der Waals surface area contributed by atoms with Gasteiger partial charge < -0.3 is 5.32 Å². The van der Waals surface area contributed by atoms with Crippen LogP contribution in [0.4, 0.5) is 18.9 Å². The van der Waals surface area contributed by atoms with Gasteiger partial charge in [0.15, 0.2) is 0 Å². The van der Waals surface area contributed by atoms with Crippen molar-refractivity contribution in [2.75, 3.05) is 5.32 Å². The van der Waals surface area contributed by atoms with Gasteiger partial charge in [0, 0.05) is 28.9 Å². The Morgan fingerprint density at radius 3 is 2.40 bits per heavy atom. The molecule has 0 saturated heterocycles. The Labute approximate surface area is 173 Å². The van der Waals surface area contributed by atoms with Gasteiger partial charge in [0.1, 0.15) is 0 Å². The first-order valence-electron chi connectivity index (χ1n) is 9.51. The number of nitrogens with zero attached hydrogens (tertiary/aromatic N) is 1. The molecule has 30 heavy (non-hydrogen) atoms. The van der Waals surface area contributed by atoms with E-state index in [-0.39, 0.29) is 17.4 Å². The summed E-state index contributed by atoms with van der Waals surface area (Å²) in [4.78, 5) is 17.2. The zero-order valence-corrected chi connectivity index (χ0v) is 17.3. The van der Waals surface area contributed by atoms with E-state index >= 15 is 0 Å². The summed E-state index contributed by atoms with van der Waals surface area (Å²) in [7, 11) is 0.